The fraction of sp³-hybridized carbons (Fsp3) is 0.320. The fourth-order valence-corrected chi connectivity index (χ4v) is 4.83. The highest BCUT2D eigenvalue weighted by Crippen LogP contribution is 2.35. The first-order valence-corrected chi connectivity index (χ1v) is 10.7. The van der Waals surface area contributed by atoms with Gasteiger partial charge in [-0.2, -0.15) is 0 Å². The minimum Gasteiger partial charge on any atom is -0.324 e. The molecule has 0 radical (unpaired) electrons. The van der Waals surface area contributed by atoms with E-state index >= 15 is 0 Å². The topological polar surface area (TPSA) is 62.3 Å². The van der Waals surface area contributed by atoms with Crippen LogP contribution in [0.15, 0.2) is 60.8 Å². The Hall–Kier alpha value is -3.21. The second-order valence-electron chi connectivity index (χ2n) is 8.29. The van der Waals surface area contributed by atoms with Gasteiger partial charge in [-0.1, -0.05) is 36.4 Å². The molecule has 1 fully saturated rings. The van der Waals surface area contributed by atoms with E-state index in [0.29, 0.717) is 0 Å². The van der Waals surface area contributed by atoms with Gasteiger partial charge >= 0.3 is 0 Å². The molecule has 2 aliphatic rings. The van der Waals surface area contributed by atoms with Gasteiger partial charge in [0.05, 0.1) is 11.2 Å². The number of nitrogens with zero attached hydrogens (tertiary/aromatic N) is 2. The van der Waals surface area contributed by atoms with Crippen molar-refractivity contribution in [2.24, 2.45) is 11.8 Å². The first kappa shape index (κ1) is 18.8. The normalized spacial score (nSPS) is 20.7. The molecule has 5 rings (SSSR count). The third-order valence-corrected chi connectivity index (χ3v) is 6.49. The highest BCUT2D eigenvalue weighted by Gasteiger charge is 2.34. The van der Waals surface area contributed by atoms with Gasteiger partial charge in [-0.25, -0.2) is 0 Å². The van der Waals surface area contributed by atoms with Crippen LogP contribution >= 0.6 is 0 Å². The summed E-state index contributed by atoms with van der Waals surface area (Å²) in [6, 6.07) is 17.9. The molecule has 1 aromatic heterocycles. The lowest BCUT2D eigenvalue weighted by Gasteiger charge is -2.30. The molecule has 0 saturated heterocycles. The summed E-state index contributed by atoms with van der Waals surface area (Å²) in [7, 11) is 0. The summed E-state index contributed by atoms with van der Waals surface area (Å²) in [5.74, 6) is 0.209. The standard InChI is InChI=1S/C25H25N3O2/c29-24(27-21-8-3-6-18-7-4-15-26-23(18)21)19-10-12-20(13-11-19)25(30)28-16-14-17-5-1-2-9-22(17)28/h1-9,15,19-20H,10-14,16H2,(H,27,29). The van der Waals surface area contributed by atoms with Gasteiger partial charge in [0.2, 0.25) is 11.8 Å². The lowest BCUT2D eigenvalue weighted by atomic mass is 9.81. The molecule has 0 atom stereocenters. The molecule has 3 aromatic rings. The Morgan fingerprint density at radius 1 is 0.900 bits per heavy atom. The SMILES string of the molecule is O=C(Nc1cccc2cccnc12)C1CCC(C(=O)N2CCc3ccccc32)CC1. The van der Waals surface area contributed by atoms with E-state index in [1.165, 1.54) is 5.56 Å². The van der Waals surface area contributed by atoms with Crippen LogP contribution in [0.1, 0.15) is 31.2 Å². The molecule has 1 aliphatic heterocycles. The van der Waals surface area contributed by atoms with Crippen LogP contribution in [0.2, 0.25) is 0 Å². The summed E-state index contributed by atoms with van der Waals surface area (Å²) in [4.78, 5) is 32.3. The number of benzene rings is 2. The predicted octanol–water partition coefficient (Wildman–Crippen LogP) is 4.57. The Morgan fingerprint density at radius 2 is 1.67 bits per heavy atom. The summed E-state index contributed by atoms with van der Waals surface area (Å²) >= 11 is 0. The zero-order chi connectivity index (χ0) is 20.5. The first-order chi connectivity index (χ1) is 14.7. The van der Waals surface area contributed by atoms with Gasteiger partial charge < -0.3 is 10.2 Å². The van der Waals surface area contributed by atoms with Crippen LogP contribution in [-0.2, 0) is 16.0 Å². The van der Waals surface area contributed by atoms with Crippen LogP contribution in [0.4, 0.5) is 11.4 Å². The molecule has 5 nitrogen and oxygen atoms in total. The number of rotatable bonds is 3. The van der Waals surface area contributed by atoms with Crippen LogP contribution in [0.25, 0.3) is 10.9 Å². The zero-order valence-corrected chi connectivity index (χ0v) is 16.9. The minimum atomic E-state index is -0.0566. The molecule has 30 heavy (non-hydrogen) atoms. The van der Waals surface area contributed by atoms with Crippen LogP contribution in [0, 0.1) is 11.8 Å². The first-order valence-electron chi connectivity index (χ1n) is 10.7. The molecule has 0 bridgehead atoms. The highest BCUT2D eigenvalue weighted by atomic mass is 16.2. The van der Waals surface area contributed by atoms with Gasteiger partial charge in [0.15, 0.2) is 0 Å². The maximum Gasteiger partial charge on any atom is 0.230 e. The number of aromatic nitrogens is 1. The van der Waals surface area contributed by atoms with E-state index in [0.717, 1.165) is 60.9 Å². The quantitative estimate of drug-likeness (QED) is 0.702. The monoisotopic (exact) mass is 399 g/mol. The molecule has 2 aromatic carbocycles. The average molecular weight is 399 g/mol. The molecule has 0 spiro atoms. The molecule has 2 amide bonds. The van der Waals surface area contributed by atoms with Crippen LogP contribution in [0.3, 0.4) is 0 Å². The molecule has 1 N–H and O–H groups in total. The number of nitrogens with one attached hydrogen (secondary N) is 1. The molecule has 5 heteroatoms. The number of amides is 2. The lowest BCUT2D eigenvalue weighted by molar-refractivity contribution is -0.126. The van der Waals surface area contributed by atoms with E-state index in [1.54, 1.807) is 6.20 Å². The van der Waals surface area contributed by atoms with Crippen molar-refractivity contribution in [3.8, 4) is 0 Å². The maximum atomic E-state index is 13.1. The zero-order valence-electron chi connectivity index (χ0n) is 16.9. The van der Waals surface area contributed by atoms with Gasteiger partial charge in [0, 0.05) is 35.7 Å². The third-order valence-electron chi connectivity index (χ3n) is 6.49. The second kappa shape index (κ2) is 7.90. The van der Waals surface area contributed by atoms with E-state index in [2.05, 4.69) is 16.4 Å². The Bertz CT molecular complexity index is 1100. The van der Waals surface area contributed by atoms with Crippen LogP contribution in [0.5, 0.6) is 0 Å². The molecule has 0 unspecified atom stereocenters. The average Bonchev–Trinajstić information content (AvgIpc) is 3.23. The van der Waals surface area contributed by atoms with E-state index in [1.807, 2.05) is 53.4 Å². The largest absolute Gasteiger partial charge is 0.324 e. The number of anilines is 2. The Balaban J connectivity index is 1.22. The maximum absolute atomic E-state index is 13.1. The summed E-state index contributed by atoms with van der Waals surface area (Å²) < 4.78 is 0. The minimum absolute atomic E-state index is 0.0134. The number of fused-ring (bicyclic) bond motifs is 2. The number of carbonyl (C=O) groups excluding carboxylic acids is 2. The van der Waals surface area contributed by atoms with Crippen molar-refractivity contribution in [1.29, 1.82) is 0 Å². The molecular formula is C25H25N3O2. The Kier molecular flexibility index (Phi) is 4.95. The van der Waals surface area contributed by atoms with E-state index < -0.39 is 0 Å². The third kappa shape index (κ3) is 3.45. The second-order valence-corrected chi connectivity index (χ2v) is 8.29. The van der Waals surface area contributed by atoms with Crippen molar-refractivity contribution in [3.05, 3.63) is 66.4 Å². The van der Waals surface area contributed by atoms with E-state index in [-0.39, 0.29) is 23.7 Å². The number of carbonyl (C=O) groups is 2. The fourth-order valence-electron chi connectivity index (χ4n) is 4.83. The summed E-state index contributed by atoms with van der Waals surface area (Å²) in [6.07, 6.45) is 5.70. The number of para-hydroxylation sites is 2. The molecular weight excluding hydrogens is 374 g/mol. The van der Waals surface area contributed by atoms with Crippen molar-refractivity contribution in [3.63, 3.8) is 0 Å². The van der Waals surface area contributed by atoms with Gasteiger partial charge in [-0.3, -0.25) is 14.6 Å². The Labute approximate surface area is 176 Å². The summed E-state index contributed by atoms with van der Waals surface area (Å²) in [5.41, 5.74) is 3.88. The number of hydrogen-bond acceptors (Lipinski definition) is 3. The smallest absolute Gasteiger partial charge is 0.230 e. The van der Waals surface area contributed by atoms with E-state index in [4.69, 9.17) is 0 Å². The molecule has 152 valence electrons. The van der Waals surface area contributed by atoms with Gasteiger partial charge in [-0.15, -0.1) is 0 Å². The highest BCUT2D eigenvalue weighted by molar-refractivity contribution is 6.01. The lowest BCUT2D eigenvalue weighted by Crippen LogP contribution is -2.38. The molecule has 1 aliphatic carbocycles. The van der Waals surface area contributed by atoms with Crippen LogP contribution in [-0.4, -0.2) is 23.3 Å². The summed E-state index contributed by atoms with van der Waals surface area (Å²) in [6.45, 7) is 0.771. The van der Waals surface area contributed by atoms with Crippen molar-refractivity contribution >= 4 is 34.1 Å². The predicted molar refractivity (Wildman–Crippen MR) is 118 cm³/mol. The van der Waals surface area contributed by atoms with Gasteiger partial charge in [0.1, 0.15) is 0 Å². The van der Waals surface area contributed by atoms with Gasteiger partial charge in [-0.05, 0) is 55.9 Å². The number of pyridine rings is 1. The molecule has 2 heterocycles. The van der Waals surface area contributed by atoms with Crippen molar-refractivity contribution in [1.82, 2.24) is 4.98 Å². The molecule has 1 saturated carbocycles. The summed E-state index contributed by atoms with van der Waals surface area (Å²) in [5, 5.41) is 4.08. The van der Waals surface area contributed by atoms with Crippen molar-refractivity contribution < 1.29 is 9.59 Å². The Morgan fingerprint density at radius 3 is 2.53 bits per heavy atom. The van der Waals surface area contributed by atoms with Crippen LogP contribution < -0.4 is 10.2 Å². The van der Waals surface area contributed by atoms with Crippen molar-refractivity contribution in [2.45, 2.75) is 32.1 Å². The van der Waals surface area contributed by atoms with Gasteiger partial charge in [0.25, 0.3) is 0 Å². The van der Waals surface area contributed by atoms with E-state index in [9.17, 15) is 9.59 Å². The number of hydrogen-bond donors (Lipinski definition) is 1. The van der Waals surface area contributed by atoms with Crippen molar-refractivity contribution in [2.75, 3.05) is 16.8 Å².